The molecule has 0 saturated heterocycles. The van der Waals surface area contributed by atoms with Gasteiger partial charge in [-0.2, -0.15) is 5.10 Å². The number of nitrogens with one attached hydrogen (secondary N) is 1. The Kier molecular flexibility index (Phi) is 5.20. The lowest BCUT2D eigenvalue weighted by molar-refractivity contribution is -0.123. The van der Waals surface area contributed by atoms with E-state index in [1.54, 1.807) is 0 Å². The molecule has 1 fully saturated rings. The normalized spacial score (nSPS) is 16.8. The third kappa shape index (κ3) is 4.26. The lowest BCUT2D eigenvalue weighted by Gasteiger charge is -2.22. The van der Waals surface area contributed by atoms with Gasteiger partial charge in [0.2, 0.25) is 5.91 Å². The van der Waals surface area contributed by atoms with Gasteiger partial charge in [-0.25, -0.2) is 0 Å². The highest BCUT2D eigenvalue weighted by Crippen LogP contribution is 2.48. The fourth-order valence-corrected chi connectivity index (χ4v) is 3.72. The summed E-state index contributed by atoms with van der Waals surface area (Å²) >= 11 is 0. The minimum Gasteiger partial charge on any atom is -0.355 e. The van der Waals surface area contributed by atoms with E-state index in [4.69, 9.17) is 0 Å². The highest BCUT2D eigenvalue weighted by molar-refractivity contribution is 5.91. The molecule has 0 bridgehead atoms. The Hall–Kier alpha value is -2.10. The fraction of sp³-hybridized carbons (Fsp3) is 0.565. The first-order valence-electron chi connectivity index (χ1n) is 10.0. The van der Waals surface area contributed by atoms with Crippen molar-refractivity contribution in [1.29, 1.82) is 0 Å². The van der Waals surface area contributed by atoms with Crippen molar-refractivity contribution in [2.45, 2.75) is 71.8 Å². The van der Waals surface area contributed by atoms with Gasteiger partial charge in [0.05, 0.1) is 11.1 Å². The van der Waals surface area contributed by atoms with Crippen LogP contribution in [0.3, 0.4) is 0 Å². The van der Waals surface area contributed by atoms with Gasteiger partial charge in [-0.15, -0.1) is 0 Å². The number of carbonyl (C=O) groups excluding carboxylic acids is 1. The summed E-state index contributed by atoms with van der Waals surface area (Å²) in [7, 11) is 0. The molecule has 3 rings (SSSR count). The van der Waals surface area contributed by atoms with E-state index < -0.39 is 0 Å². The molecule has 1 N–H and O–H groups in total. The van der Waals surface area contributed by atoms with Gasteiger partial charge in [-0.3, -0.25) is 9.48 Å². The van der Waals surface area contributed by atoms with Crippen molar-refractivity contribution in [3.8, 4) is 0 Å². The number of hydrogen-bond acceptors (Lipinski definition) is 2. The second-order valence-corrected chi connectivity index (χ2v) is 9.33. The third-order valence-electron chi connectivity index (χ3n) is 5.69. The van der Waals surface area contributed by atoms with Crippen LogP contribution in [0, 0.1) is 19.8 Å². The Morgan fingerprint density at radius 3 is 2.33 bits per heavy atom. The standard InChI is InChI=1S/C23H33N3O/c1-16(15-26-18(3)13-17(2)25-26)14-24-21(27)23(11-12-23)20-9-7-19(8-10-20)22(4,5)6/h7-10,13,16H,11-12,14-15H2,1-6H3,(H,24,27). The third-order valence-corrected chi connectivity index (χ3v) is 5.69. The Labute approximate surface area is 163 Å². The average Bonchev–Trinajstić information content (AvgIpc) is 3.34. The highest BCUT2D eigenvalue weighted by Gasteiger charge is 2.51. The van der Waals surface area contributed by atoms with Gasteiger partial charge in [-0.05, 0) is 55.2 Å². The number of aryl methyl sites for hydroxylation is 2. The summed E-state index contributed by atoms with van der Waals surface area (Å²) in [5.74, 6) is 0.511. The second kappa shape index (κ2) is 7.14. The van der Waals surface area contributed by atoms with E-state index in [9.17, 15) is 4.79 Å². The van der Waals surface area contributed by atoms with Crippen LogP contribution in [0.4, 0.5) is 0 Å². The molecule has 27 heavy (non-hydrogen) atoms. The van der Waals surface area contributed by atoms with Gasteiger partial charge in [0.15, 0.2) is 0 Å². The van der Waals surface area contributed by atoms with Crippen molar-refractivity contribution in [3.63, 3.8) is 0 Å². The van der Waals surface area contributed by atoms with Crippen LogP contribution in [0.25, 0.3) is 0 Å². The highest BCUT2D eigenvalue weighted by atomic mass is 16.2. The van der Waals surface area contributed by atoms with E-state index >= 15 is 0 Å². The largest absolute Gasteiger partial charge is 0.355 e. The van der Waals surface area contributed by atoms with Gasteiger partial charge in [0, 0.05) is 18.8 Å². The molecule has 1 aliphatic carbocycles. The fourth-order valence-electron chi connectivity index (χ4n) is 3.72. The van der Waals surface area contributed by atoms with E-state index in [0.717, 1.165) is 30.6 Å². The van der Waals surface area contributed by atoms with Gasteiger partial charge in [0.25, 0.3) is 0 Å². The van der Waals surface area contributed by atoms with Crippen molar-refractivity contribution in [3.05, 3.63) is 52.8 Å². The molecule has 0 aliphatic heterocycles. The minimum absolute atomic E-state index is 0.135. The first-order valence-corrected chi connectivity index (χ1v) is 10.0. The predicted molar refractivity (Wildman–Crippen MR) is 110 cm³/mol. The summed E-state index contributed by atoms with van der Waals surface area (Å²) in [6.07, 6.45) is 1.89. The molecule has 1 aliphatic rings. The molecule has 0 radical (unpaired) electrons. The molecule has 1 aromatic carbocycles. The molecule has 4 nitrogen and oxygen atoms in total. The maximum atomic E-state index is 12.9. The summed E-state index contributed by atoms with van der Waals surface area (Å²) in [6, 6.07) is 10.7. The number of hydrogen-bond donors (Lipinski definition) is 1. The van der Waals surface area contributed by atoms with Crippen LogP contribution in [0.15, 0.2) is 30.3 Å². The zero-order valence-corrected chi connectivity index (χ0v) is 17.6. The van der Waals surface area contributed by atoms with Crippen LogP contribution in [-0.4, -0.2) is 22.2 Å². The maximum Gasteiger partial charge on any atom is 0.230 e. The molecule has 1 heterocycles. The number of carbonyl (C=O) groups is 1. The molecule has 1 amide bonds. The quantitative estimate of drug-likeness (QED) is 0.828. The molecular formula is C23H33N3O. The number of nitrogens with zero attached hydrogens (tertiary/aromatic N) is 2. The second-order valence-electron chi connectivity index (χ2n) is 9.33. The maximum absolute atomic E-state index is 12.9. The van der Waals surface area contributed by atoms with Crippen LogP contribution in [0.1, 0.15) is 63.1 Å². The number of benzene rings is 1. The number of amides is 1. The molecule has 146 valence electrons. The van der Waals surface area contributed by atoms with Gasteiger partial charge < -0.3 is 5.32 Å². The number of aromatic nitrogens is 2. The lowest BCUT2D eigenvalue weighted by Crippen LogP contribution is -2.38. The summed E-state index contributed by atoms with van der Waals surface area (Å²) < 4.78 is 2.03. The van der Waals surface area contributed by atoms with Gasteiger partial charge >= 0.3 is 0 Å². The number of rotatable bonds is 6. The van der Waals surface area contributed by atoms with Gasteiger partial charge in [0.1, 0.15) is 0 Å². The monoisotopic (exact) mass is 367 g/mol. The summed E-state index contributed by atoms with van der Waals surface area (Å²) in [5.41, 5.74) is 4.49. The van der Waals surface area contributed by atoms with Crippen molar-refractivity contribution >= 4 is 5.91 Å². The molecule has 2 aromatic rings. The van der Waals surface area contributed by atoms with Crippen LogP contribution >= 0.6 is 0 Å². The van der Waals surface area contributed by atoms with E-state index in [1.807, 2.05) is 11.6 Å². The average molecular weight is 368 g/mol. The molecule has 4 heteroatoms. The Balaban J connectivity index is 1.59. The zero-order chi connectivity index (χ0) is 19.8. The van der Waals surface area contributed by atoms with E-state index in [-0.39, 0.29) is 16.7 Å². The first-order chi connectivity index (χ1) is 12.6. The summed E-state index contributed by atoms with van der Waals surface area (Å²) in [6.45, 7) is 14.4. The Morgan fingerprint density at radius 1 is 1.22 bits per heavy atom. The molecule has 1 atom stereocenters. The Bertz CT molecular complexity index is 807. The summed E-state index contributed by atoms with van der Waals surface area (Å²) in [4.78, 5) is 12.9. The SMILES string of the molecule is Cc1cc(C)n(CC(C)CNC(=O)C2(c3ccc(C(C)(C)C)cc3)CC2)n1. The molecule has 1 unspecified atom stereocenters. The van der Waals surface area contributed by atoms with Crippen LogP contribution < -0.4 is 5.32 Å². The van der Waals surface area contributed by atoms with E-state index in [2.05, 4.69) is 75.4 Å². The van der Waals surface area contributed by atoms with E-state index in [1.165, 1.54) is 11.3 Å². The van der Waals surface area contributed by atoms with E-state index in [0.29, 0.717) is 12.5 Å². The smallest absolute Gasteiger partial charge is 0.230 e. The zero-order valence-electron chi connectivity index (χ0n) is 17.6. The van der Waals surface area contributed by atoms with Crippen molar-refractivity contribution in [2.75, 3.05) is 6.54 Å². The predicted octanol–water partition coefficient (Wildman–Crippen LogP) is 4.28. The minimum atomic E-state index is -0.311. The lowest BCUT2D eigenvalue weighted by atomic mass is 9.85. The van der Waals surface area contributed by atoms with Gasteiger partial charge in [-0.1, -0.05) is 52.0 Å². The first kappa shape index (κ1) is 19.7. The molecular weight excluding hydrogens is 334 g/mol. The van der Waals surface area contributed by atoms with Crippen molar-refractivity contribution in [2.24, 2.45) is 5.92 Å². The Morgan fingerprint density at radius 2 is 1.85 bits per heavy atom. The van der Waals surface area contributed by atoms with Crippen LogP contribution in [0.2, 0.25) is 0 Å². The van der Waals surface area contributed by atoms with Crippen LogP contribution in [0.5, 0.6) is 0 Å². The van der Waals surface area contributed by atoms with Crippen LogP contribution in [-0.2, 0) is 22.2 Å². The topological polar surface area (TPSA) is 46.9 Å². The molecule has 0 spiro atoms. The molecule has 1 aromatic heterocycles. The van der Waals surface area contributed by atoms with Crippen molar-refractivity contribution in [1.82, 2.24) is 15.1 Å². The van der Waals surface area contributed by atoms with Crippen molar-refractivity contribution < 1.29 is 4.79 Å². The molecule has 1 saturated carbocycles. The summed E-state index contributed by atoms with van der Waals surface area (Å²) in [5, 5.41) is 7.71.